The summed E-state index contributed by atoms with van der Waals surface area (Å²) in [6, 6.07) is 13.7. The van der Waals surface area contributed by atoms with Crippen molar-refractivity contribution in [2.45, 2.75) is 5.60 Å². The Morgan fingerprint density at radius 3 is 2.55 bits per heavy atom. The molecule has 5 rings (SSSR count). The summed E-state index contributed by atoms with van der Waals surface area (Å²) in [5.41, 5.74) is -0.899. The van der Waals surface area contributed by atoms with Crippen LogP contribution < -0.4 is 5.56 Å². The number of para-hydroxylation sites is 2. The van der Waals surface area contributed by atoms with Crippen LogP contribution in [0.15, 0.2) is 64.7 Å². The number of aromatic nitrogens is 2. The highest BCUT2D eigenvalue weighted by atomic mass is 16.6. The fourth-order valence-corrected chi connectivity index (χ4v) is 4.05. The Labute approximate surface area is 163 Å². The number of esters is 2. The minimum absolute atomic E-state index is 0.100. The number of carbonyl (C=O) groups is 2. The van der Waals surface area contributed by atoms with E-state index >= 15 is 0 Å². The van der Waals surface area contributed by atoms with Gasteiger partial charge >= 0.3 is 11.9 Å². The van der Waals surface area contributed by atoms with Gasteiger partial charge < -0.3 is 14.2 Å². The average molecular weight is 390 g/mol. The molecular weight excluding hydrogens is 376 g/mol. The second-order valence-corrected chi connectivity index (χ2v) is 6.58. The van der Waals surface area contributed by atoms with Gasteiger partial charge in [-0.05, 0) is 18.2 Å². The molecule has 29 heavy (non-hydrogen) atoms. The largest absolute Gasteiger partial charge is 0.489 e. The highest BCUT2D eigenvalue weighted by Gasteiger charge is 2.61. The lowest BCUT2D eigenvalue weighted by atomic mass is 9.87. The highest BCUT2D eigenvalue weighted by molar-refractivity contribution is 6.06. The Hall–Kier alpha value is -3.94. The van der Waals surface area contributed by atoms with Crippen LogP contribution in [-0.4, -0.2) is 35.7 Å². The second-order valence-electron chi connectivity index (χ2n) is 6.58. The molecule has 8 nitrogen and oxygen atoms in total. The van der Waals surface area contributed by atoms with E-state index in [1.165, 1.54) is 18.8 Å². The van der Waals surface area contributed by atoms with E-state index < -0.39 is 17.5 Å². The van der Waals surface area contributed by atoms with Crippen molar-refractivity contribution in [1.82, 2.24) is 9.55 Å². The molecule has 1 unspecified atom stereocenters. The van der Waals surface area contributed by atoms with Crippen molar-refractivity contribution in [2.75, 3.05) is 14.2 Å². The topological polar surface area (TPSA) is 96.7 Å². The van der Waals surface area contributed by atoms with Gasteiger partial charge in [0.25, 0.3) is 5.56 Å². The van der Waals surface area contributed by atoms with E-state index in [0.717, 1.165) is 0 Å². The van der Waals surface area contributed by atoms with Crippen LogP contribution in [-0.2, 0) is 29.4 Å². The molecule has 0 bridgehead atoms. The van der Waals surface area contributed by atoms with Gasteiger partial charge in [0.05, 0.1) is 30.8 Å². The van der Waals surface area contributed by atoms with Crippen LogP contribution in [0.5, 0.6) is 0 Å². The Morgan fingerprint density at radius 2 is 1.79 bits per heavy atom. The first-order chi connectivity index (χ1) is 14.0. The molecule has 2 aliphatic rings. The van der Waals surface area contributed by atoms with Crippen molar-refractivity contribution >= 4 is 22.8 Å². The van der Waals surface area contributed by atoms with Gasteiger partial charge in [-0.25, -0.2) is 14.6 Å². The monoisotopic (exact) mass is 390 g/mol. The van der Waals surface area contributed by atoms with Crippen molar-refractivity contribution in [1.29, 1.82) is 0 Å². The van der Waals surface area contributed by atoms with Gasteiger partial charge in [-0.1, -0.05) is 30.3 Å². The molecule has 0 aliphatic carbocycles. The smallest absolute Gasteiger partial charge is 0.376 e. The summed E-state index contributed by atoms with van der Waals surface area (Å²) in [4.78, 5) is 43.3. The standard InChI is InChI=1S/C21H14N2O6/c1-27-16-15(18(25)28-2)21(29-19(16)26)12-8-4-6-10-14(12)23-17(24)11-7-3-5-9-13(11)22-20(21)23/h3-10H,1-2H3. The number of rotatable bonds is 2. The molecule has 0 saturated heterocycles. The number of hydrogen-bond donors (Lipinski definition) is 0. The third-order valence-corrected chi connectivity index (χ3v) is 5.22. The molecule has 0 saturated carbocycles. The maximum absolute atomic E-state index is 13.3. The van der Waals surface area contributed by atoms with Crippen LogP contribution in [0.3, 0.4) is 0 Å². The number of ether oxygens (including phenoxy) is 3. The predicted octanol–water partition coefficient (Wildman–Crippen LogP) is 1.57. The first kappa shape index (κ1) is 17.2. The van der Waals surface area contributed by atoms with E-state index in [2.05, 4.69) is 4.98 Å². The fourth-order valence-electron chi connectivity index (χ4n) is 4.05. The minimum Gasteiger partial charge on any atom is -0.489 e. The molecule has 0 fully saturated rings. The molecular formula is C21H14N2O6. The third kappa shape index (κ3) is 1.97. The van der Waals surface area contributed by atoms with Crippen LogP contribution >= 0.6 is 0 Å². The quantitative estimate of drug-likeness (QED) is 0.613. The molecule has 1 aromatic heterocycles. The van der Waals surface area contributed by atoms with Crippen molar-refractivity contribution in [3.05, 3.63) is 81.6 Å². The summed E-state index contributed by atoms with van der Waals surface area (Å²) in [6.45, 7) is 0. The van der Waals surface area contributed by atoms with Gasteiger partial charge in [-0.3, -0.25) is 9.36 Å². The molecule has 2 aromatic carbocycles. The van der Waals surface area contributed by atoms with E-state index in [1.54, 1.807) is 48.5 Å². The normalized spacial score (nSPS) is 19.3. The maximum atomic E-state index is 13.3. The van der Waals surface area contributed by atoms with Gasteiger partial charge in [0.2, 0.25) is 11.4 Å². The lowest BCUT2D eigenvalue weighted by molar-refractivity contribution is -0.148. The Balaban J connectivity index is 1.99. The van der Waals surface area contributed by atoms with Crippen LogP contribution in [0.4, 0.5) is 0 Å². The summed E-state index contributed by atoms with van der Waals surface area (Å²) in [5.74, 6) is -1.82. The van der Waals surface area contributed by atoms with Crippen molar-refractivity contribution in [2.24, 2.45) is 0 Å². The van der Waals surface area contributed by atoms with E-state index in [9.17, 15) is 14.4 Å². The Bertz CT molecular complexity index is 1320. The predicted molar refractivity (Wildman–Crippen MR) is 100 cm³/mol. The Kier molecular flexibility index (Phi) is 3.42. The van der Waals surface area contributed by atoms with Gasteiger partial charge in [-0.2, -0.15) is 0 Å². The zero-order valence-corrected chi connectivity index (χ0v) is 15.5. The van der Waals surface area contributed by atoms with Crippen molar-refractivity contribution < 1.29 is 23.8 Å². The molecule has 0 N–H and O–H groups in total. The molecule has 0 amide bonds. The highest BCUT2D eigenvalue weighted by Crippen LogP contribution is 2.52. The number of nitrogens with zero attached hydrogens (tertiary/aromatic N) is 2. The SMILES string of the molecule is COC(=O)C1=C(OC)C(=O)OC12c1ccccc1-n1c2nc2ccccc2c1=O. The average Bonchev–Trinajstić information content (AvgIpc) is 3.20. The molecule has 8 heteroatoms. The number of fused-ring (bicyclic) bond motifs is 6. The van der Waals surface area contributed by atoms with Crippen molar-refractivity contribution in [3.63, 3.8) is 0 Å². The van der Waals surface area contributed by atoms with Crippen LogP contribution in [0.1, 0.15) is 11.4 Å². The summed E-state index contributed by atoms with van der Waals surface area (Å²) < 4.78 is 17.2. The van der Waals surface area contributed by atoms with E-state index in [-0.39, 0.29) is 22.7 Å². The zero-order valence-electron chi connectivity index (χ0n) is 15.5. The molecule has 1 atom stereocenters. The molecule has 144 valence electrons. The van der Waals surface area contributed by atoms with Crippen LogP contribution in [0, 0.1) is 0 Å². The lowest BCUT2D eigenvalue weighted by Crippen LogP contribution is -2.35. The Morgan fingerprint density at radius 1 is 1.07 bits per heavy atom. The summed E-state index contributed by atoms with van der Waals surface area (Å²) in [6.07, 6.45) is 0. The summed E-state index contributed by atoms with van der Waals surface area (Å²) >= 11 is 0. The third-order valence-electron chi connectivity index (χ3n) is 5.22. The maximum Gasteiger partial charge on any atom is 0.376 e. The first-order valence-electron chi connectivity index (χ1n) is 8.77. The van der Waals surface area contributed by atoms with Crippen LogP contribution in [0.25, 0.3) is 16.6 Å². The van der Waals surface area contributed by atoms with Gasteiger partial charge in [0, 0.05) is 5.56 Å². The van der Waals surface area contributed by atoms with Crippen molar-refractivity contribution in [3.8, 4) is 5.69 Å². The van der Waals surface area contributed by atoms with E-state index in [4.69, 9.17) is 14.2 Å². The first-order valence-corrected chi connectivity index (χ1v) is 8.77. The number of methoxy groups -OCH3 is 2. The number of carbonyl (C=O) groups excluding carboxylic acids is 2. The van der Waals surface area contributed by atoms with E-state index in [1.807, 2.05) is 0 Å². The minimum atomic E-state index is -1.74. The summed E-state index contributed by atoms with van der Waals surface area (Å²) in [5, 5.41) is 0.406. The summed E-state index contributed by atoms with van der Waals surface area (Å²) in [7, 11) is 2.46. The second kappa shape index (κ2) is 5.78. The number of hydrogen-bond acceptors (Lipinski definition) is 7. The molecule has 3 aromatic rings. The van der Waals surface area contributed by atoms with Crippen LogP contribution in [0.2, 0.25) is 0 Å². The molecule has 1 spiro atoms. The number of benzene rings is 2. The zero-order chi connectivity index (χ0) is 20.3. The molecule has 0 radical (unpaired) electrons. The van der Waals surface area contributed by atoms with Gasteiger partial charge in [-0.15, -0.1) is 0 Å². The molecule has 3 heterocycles. The van der Waals surface area contributed by atoms with Gasteiger partial charge in [0.1, 0.15) is 5.57 Å². The van der Waals surface area contributed by atoms with Gasteiger partial charge in [0.15, 0.2) is 5.82 Å². The fraction of sp³-hybridized carbons (Fsp3) is 0.143. The van der Waals surface area contributed by atoms with E-state index in [0.29, 0.717) is 22.2 Å². The molecule has 2 aliphatic heterocycles. The lowest BCUT2D eigenvalue weighted by Gasteiger charge is -2.25.